The van der Waals surface area contributed by atoms with Gasteiger partial charge in [0.1, 0.15) is 0 Å². The fourth-order valence-corrected chi connectivity index (χ4v) is 3.03. The van der Waals surface area contributed by atoms with Crippen LogP contribution in [-0.2, 0) is 6.42 Å². The molecule has 0 heterocycles. The highest BCUT2D eigenvalue weighted by Gasteiger charge is 2.10. The molecule has 0 radical (unpaired) electrons. The Kier molecular flexibility index (Phi) is 7.73. The predicted octanol–water partition coefficient (Wildman–Crippen LogP) is 4.17. The Labute approximate surface area is 161 Å². The Morgan fingerprint density at radius 2 is 1.73 bits per heavy atom. The number of ether oxygens (including phenoxy) is 2. The van der Waals surface area contributed by atoms with E-state index in [1.807, 2.05) is 18.2 Å². The third-order valence-corrected chi connectivity index (χ3v) is 4.60. The summed E-state index contributed by atoms with van der Waals surface area (Å²) < 4.78 is 10.6. The SMILES string of the molecule is CCC(NC(=S)NCCc1ccc(OC)c(OC)c1)c1ccc(C)cc1. The molecule has 140 valence electrons. The molecule has 2 aromatic carbocycles. The monoisotopic (exact) mass is 372 g/mol. The van der Waals surface area contributed by atoms with Gasteiger partial charge in [0.15, 0.2) is 16.6 Å². The van der Waals surface area contributed by atoms with E-state index in [1.54, 1.807) is 14.2 Å². The number of thiocarbonyl (C=S) groups is 1. The summed E-state index contributed by atoms with van der Waals surface area (Å²) in [7, 11) is 3.29. The van der Waals surface area contributed by atoms with Crippen molar-refractivity contribution in [3.05, 3.63) is 59.2 Å². The number of hydrogen-bond donors (Lipinski definition) is 2. The summed E-state index contributed by atoms with van der Waals surface area (Å²) in [6.45, 7) is 5.01. The lowest BCUT2D eigenvalue weighted by Crippen LogP contribution is -2.38. The van der Waals surface area contributed by atoms with Gasteiger partial charge in [-0.05, 0) is 55.2 Å². The topological polar surface area (TPSA) is 42.5 Å². The minimum absolute atomic E-state index is 0.219. The quantitative estimate of drug-likeness (QED) is 0.681. The van der Waals surface area contributed by atoms with Gasteiger partial charge in [-0.25, -0.2) is 0 Å². The molecule has 0 spiro atoms. The van der Waals surface area contributed by atoms with Gasteiger partial charge < -0.3 is 20.1 Å². The summed E-state index contributed by atoms with van der Waals surface area (Å²) in [6.07, 6.45) is 1.82. The molecule has 0 saturated heterocycles. The number of aryl methyl sites for hydroxylation is 1. The van der Waals surface area contributed by atoms with Crippen molar-refractivity contribution in [3.63, 3.8) is 0 Å². The molecule has 1 unspecified atom stereocenters. The van der Waals surface area contributed by atoms with Gasteiger partial charge in [-0.15, -0.1) is 0 Å². The van der Waals surface area contributed by atoms with Crippen LogP contribution in [0.5, 0.6) is 11.5 Å². The number of hydrogen-bond acceptors (Lipinski definition) is 3. The van der Waals surface area contributed by atoms with Crippen molar-refractivity contribution in [1.29, 1.82) is 0 Å². The molecule has 0 saturated carbocycles. The normalized spacial score (nSPS) is 11.5. The molecule has 0 amide bonds. The number of rotatable bonds is 8. The van der Waals surface area contributed by atoms with Crippen molar-refractivity contribution in [3.8, 4) is 11.5 Å². The molecule has 26 heavy (non-hydrogen) atoms. The zero-order valence-corrected chi connectivity index (χ0v) is 16.8. The van der Waals surface area contributed by atoms with Gasteiger partial charge in [0.2, 0.25) is 0 Å². The second-order valence-electron chi connectivity index (χ2n) is 6.21. The standard InChI is InChI=1S/C21H28N2O2S/c1-5-18(17-9-6-15(2)7-10-17)23-21(26)22-13-12-16-8-11-19(24-3)20(14-16)25-4/h6-11,14,18H,5,12-13H2,1-4H3,(H2,22,23,26). The Morgan fingerprint density at radius 1 is 1.04 bits per heavy atom. The van der Waals surface area contributed by atoms with Crippen molar-refractivity contribution < 1.29 is 9.47 Å². The molecule has 0 aliphatic carbocycles. The molecular formula is C21H28N2O2S. The van der Waals surface area contributed by atoms with Crippen LogP contribution in [0.2, 0.25) is 0 Å². The summed E-state index contributed by atoms with van der Waals surface area (Å²) in [5.41, 5.74) is 3.69. The summed E-state index contributed by atoms with van der Waals surface area (Å²) in [4.78, 5) is 0. The lowest BCUT2D eigenvalue weighted by Gasteiger charge is -2.20. The molecule has 2 aromatic rings. The van der Waals surface area contributed by atoms with Gasteiger partial charge in [-0.3, -0.25) is 0 Å². The maximum absolute atomic E-state index is 5.46. The van der Waals surface area contributed by atoms with Crippen LogP contribution < -0.4 is 20.1 Å². The largest absolute Gasteiger partial charge is 0.493 e. The van der Waals surface area contributed by atoms with E-state index in [0.717, 1.165) is 30.9 Å². The second kappa shape index (κ2) is 10.0. The molecule has 2 N–H and O–H groups in total. The molecule has 0 aliphatic heterocycles. The average molecular weight is 373 g/mol. The van der Waals surface area contributed by atoms with Crippen molar-refractivity contribution in [2.45, 2.75) is 32.7 Å². The van der Waals surface area contributed by atoms with Crippen LogP contribution in [0.25, 0.3) is 0 Å². The van der Waals surface area contributed by atoms with E-state index >= 15 is 0 Å². The lowest BCUT2D eigenvalue weighted by atomic mass is 10.0. The summed E-state index contributed by atoms with van der Waals surface area (Å²) in [5, 5.41) is 7.38. The van der Waals surface area contributed by atoms with Crippen LogP contribution in [-0.4, -0.2) is 25.9 Å². The first kappa shape index (κ1) is 20.0. The summed E-state index contributed by atoms with van der Waals surface area (Å²) in [6, 6.07) is 14.8. The van der Waals surface area contributed by atoms with Crippen molar-refractivity contribution in [2.75, 3.05) is 20.8 Å². The minimum atomic E-state index is 0.219. The molecule has 1 atom stereocenters. The summed E-state index contributed by atoms with van der Waals surface area (Å²) in [5.74, 6) is 1.49. The summed E-state index contributed by atoms with van der Waals surface area (Å²) >= 11 is 5.46. The zero-order valence-electron chi connectivity index (χ0n) is 16.0. The Hall–Kier alpha value is -2.27. The van der Waals surface area contributed by atoms with Gasteiger partial charge in [-0.2, -0.15) is 0 Å². The Bertz CT molecular complexity index is 716. The first-order chi connectivity index (χ1) is 12.6. The van der Waals surface area contributed by atoms with Gasteiger partial charge >= 0.3 is 0 Å². The Balaban J connectivity index is 1.85. The van der Waals surface area contributed by atoms with Crippen LogP contribution in [0.4, 0.5) is 0 Å². The van der Waals surface area contributed by atoms with E-state index < -0.39 is 0 Å². The maximum atomic E-state index is 5.46. The molecule has 0 fully saturated rings. The number of methoxy groups -OCH3 is 2. The lowest BCUT2D eigenvalue weighted by molar-refractivity contribution is 0.354. The van der Waals surface area contributed by atoms with Crippen molar-refractivity contribution in [1.82, 2.24) is 10.6 Å². The van der Waals surface area contributed by atoms with Crippen molar-refractivity contribution >= 4 is 17.3 Å². The molecule has 0 aromatic heterocycles. The molecule has 0 aliphatic rings. The zero-order chi connectivity index (χ0) is 18.9. The smallest absolute Gasteiger partial charge is 0.166 e. The molecule has 4 nitrogen and oxygen atoms in total. The van der Waals surface area contributed by atoms with Crippen LogP contribution in [0.15, 0.2) is 42.5 Å². The molecule has 0 bridgehead atoms. The Morgan fingerprint density at radius 3 is 2.35 bits per heavy atom. The van der Waals surface area contributed by atoms with Crippen LogP contribution in [0.1, 0.15) is 36.1 Å². The highest BCUT2D eigenvalue weighted by Crippen LogP contribution is 2.27. The number of benzene rings is 2. The van der Waals surface area contributed by atoms with Crippen molar-refractivity contribution in [2.24, 2.45) is 0 Å². The van der Waals surface area contributed by atoms with Gasteiger partial charge in [-0.1, -0.05) is 42.8 Å². The fourth-order valence-electron chi connectivity index (χ4n) is 2.79. The van der Waals surface area contributed by atoms with E-state index in [4.69, 9.17) is 21.7 Å². The third kappa shape index (κ3) is 5.63. The average Bonchev–Trinajstić information content (AvgIpc) is 2.66. The highest BCUT2D eigenvalue weighted by molar-refractivity contribution is 7.80. The highest BCUT2D eigenvalue weighted by atomic mass is 32.1. The second-order valence-corrected chi connectivity index (χ2v) is 6.62. The molecular weight excluding hydrogens is 344 g/mol. The predicted molar refractivity (Wildman–Crippen MR) is 111 cm³/mol. The van der Waals surface area contributed by atoms with E-state index in [0.29, 0.717) is 5.11 Å². The first-order valence-electron chi connectivity index (χ1n) is 8.89. The van der Waals surface area contributed by atoms with E-state index in [2.05, 4.69) is 48.7 Å². The van der Waals surface area contributed by atoms with E-state index in [-0.39, 0.29) is 6.04 Å². The van der Waals surface area contributed by atoms with Crippen LogP contribution in [0, 0.1) is 6.92 Å². The fraction of sp³-hybridized carbons (Fsp3) is 0.381. The third-order valence-electron chi connectivity index (χ3n) is 4.34. The molecule has 5 heteroatoms. The van der Waals surface area contributed by atoms with Gasteiger partial charge in [0.05, 0.1) is 20.3 Å². The van der Waals surface area contributed by atoms with Gasteiger partial charge in [0, 0.05) is 6.54 Å². The number of nitrogens with one attached hydrogen (secondary N) is 2. The minimum Gasteiger partial charge on any atom is -0.493 e. The van der Waals surface area contributed by atoms with Crippen LogP contribution in [0.3, 0.4) is 0 Å². The van der Waals surface area contributed by atoms with E-state index in [1.165, 1.54) is 16.7 Å². The molecule has 2 rings (SSSR count). The first-order valence-corrected chi connectivity index (χ1v) is 9.30. The van der Waals surface area contributed by atoms with E-state index in [9.17, 15) is 0 Å². The van der Waals surface area contributed by atoms with Crippen LogP contribution >= 0.6 is 12.2 Å². The van der Waals surface area contributed by atoms with Gasteiger partial charge in [0.25, 0.3) is 0 Å². The maximum Gasteiger partial charge on any atom is 0.166 e.